The molecule has 10 heavy (non-hydrogen) atoms. The molecule has 1 heterocycles. The van der Waals surface area contributed by atoms with Gasteiger partial charge in [0, 0.05) is 0 Å². The van der Waals surface area contributed by atoms with Crippen molar-refractivity contribution in [3.05, 3.63) is 24.3 Å². The first-order valence-corrected chi connectivity index (χ1v) is 2.88. The van der Waals surface area contributed by atoms with Crippen LogP contribution in [0.15, 0.2) is 22.6 Å². The summed E-state index contributed by atoms with van der Waals surface area (Å²) >= 11 is 0. The molecule has 0 saturated heterocycles. The van der Waals surface area contributed by atoms with E-state index in [9.17, 15) is 0 Å². The third-order valence-corrected chi connectivity index (χ3v) is 1.25. The van der Waals surface area contributed by atoms with Crippen LogP contribution in [-0.4, -0.2) is 4.98 Å². The number of nitrogen functional groups attached to an aromatic ring is 1. The molecule has 0 spiro atoms. The van der Waals surface area contributed by atoms with Crippen molar-refractivity contribution in [2.45, 2.75) is 0 Å². The second-order valence-electron chi connectivity index (χ2n) is 1.95. The van der Waals surface area contributed by atoms with Gasteiger partial charge in [0.25, 0.3) is 6.01 Å². The van der Waals surface area contributed by atoms with Crippen molar-refractivity contribution in [2.75, 3.05) is 5.73 Å². The third kappa shape index (κ3) is 0.639. The highest BCUT2D eigenvalue weighted by atomic mass is 16.4. The van der Waals surface area contributed by atoms with Crippen molar-refractivity contribution in [3.63, 3.8) is 0 Å². The Balaban J connectivity index is 2.88. The van der Waals surface area contributed by atoms with Crippen LogP contribution in [0.4, 0.5) is 6.01 Å². The van der Waals surface area contributed by atoms with Crippen LogP contribution >= 0.6 is 0 Å². The number of oxazole rings is 1. The lowest BCUT2D eigenvalue weighted by Crippen LogP contribution is -1.80. The van der Waals surface area contributed by atoms with E-state index in [1.54, 1.807) is 18.2 Å². The molecule has 0 unspecified atom stereocenters. The van der Waals surface area contributed by atoms with Crippen molar-refractivity contribution in [3.8, 4) is 0 Å². The molecular formula is C7H5N2O. The van der Waals surface area contributed by atoms with Crippen molar-refractivity contribution < 1.29 is 4.42 Å². The Bertz CT molecular complexity index is 320. The third-order valence-electron chi connectivity index (χ3n) is 1.25. The van der Waals surface area contributed by atoms with Crippen molar-refractivity contribution in [2.24, 2.45) is 0 Å². The monoisotopic (exact) mass is 133 g/mol. The van der Waals surface area contributed by atoms with Crippen molar-refractivity contribution >= 4 is 17.1 Å². The molecule has 2 aromatic rings. The highest BCUT2D eigenvalue weighted by Gasteiger charge is 1.98. The van der Waals surface area contributed by atoms with E-state index in [2.05, 4.69) is 11.1 Å². The molecule has 0 atom stereocenters. The van der Waals surface area contributed by atoms with Crippen LogP contribution in [-0.2, 0) is 0 Å². The quantitative estimate of drug-likeness (QED) is 0.587. The van der Waals surface area contributed by atoms with Crippen LogP contribution in [0.3, 0.4) is 0 Å². The molecule has 0 fully saturated rings. The predicted octanol–water partition coefficient (Wildman–Crippen LogP) is 1.21. The molecule has 49 valence electrons. The summed E-state index contributed by atoms with van der Waals surface area (Å²) in [6, 6.07) is 8.34. The standard InChI is InChI=1S/C7H5N2O/c8-7-9-5-3-1-2-4-6(5)10-7/h1,3-4H,(H2,8,9). The van der Waals surface area contributed by atoms with E-state index >= 15 is 0 Å². The number of fused-ring (bicyclic) bond motifs is 1. The molecule has 0 aliphatic carbocycles. The number of hydrogen-bond acceptors (Lipinski definition) is 3. The first-order chi connectivity index (χ1) is 4.86. The van der Waals surface area contributed by atoms with Gasteiger partial charge in [0.15, 0.2) is 5.58 Å². The van der Waals surface area contributed by atoms with E-state index in [0.29, 0.717) is 5.58 Å². The lowest BCUT2D eigenvalue weighted by Gasteiger charge is -1.78. The molecule has 3 heteroatoms. The van der Waals surface area contributed by atoms with E-state index in [1.807, 2.05) is 0 Å². The molecule has 0 amide bonds. The van der Waals surface area contributed by atoms with Crippen LogP contribution in [0.2, 0.25) is 0 Å². The van der Waals surface area contributed by atoms with Gasteiger partial charge in [-0.05, 0) is 18.2 Å². The first kappa shape index (κ1) is 5.29. The fraction of sp³-hybridized carbons (Fsp3) is 0. The van der Waals surface area contributed by atoms with Crippen LogP contribution in [0.1, 0.15) is 0 Å². The Kier molecular flexibility index (Phi) is 0.917. The second kappa shape index (κ2) is 1.73. The highest BCUT2D eigenvalue weighted by molar-refractivity contribution is 5.73. The van der Waals surface area contributed by atoms with Gasteiger partial charge in [-0.15, -0.1) is 0 Å². The number of nitrogens with zero attached hydrogens (tertiary/aromatic N) is 1. The van der Waals surface area contributed by atoms with E-state index in [-0.39, 0.29) is 6.01 Å². The summed E-state index contributed by atoms with van der Waals surface area (Å²) in [5.74, 6) is 0. The number of aromatic nitrogens is 1. The number of rotatable bonds is 0. The van der Waals surface area contributed by atoms with Gasteiger partial charge in [0.2, 0.25) is 0 Å². The predicted molar refractivity (Wildman–Crippen MR) is 37.3 cm³/mol. The average molecular weight is 133 g/mol. The van der Waals surface area contributed by atoms with Crippen molar-refractivity contribution in [1.82, 2.24) is 4.98 Å². The minimum absolute atomic E-state index is 0.203. The Labute approximate surface area is 57.5 Å². The molecule has 1 radical (unpaired) electrons. The number of nitrogens with two attached hydrogens (primary N) is 1. The van der Waals surface area contributed by atoms with Gasteiger partial charge in [-0.3, -0.25) is 0 Å². The summed E-state index contributed by atoms with van der Waals surface area (Å²) in [5, 5.41) is 0. The minimum Gasteiger partial charge on any atom is -0.424 e. The molecule has 3 nitrogen and oxygen atoms in total. The fourth-order valence-electron chi connectivity index (χ4n) is 0.835. The molecule has 0 aliphatic rings. The maximum absolute atomic E-state index is 5.30. The molecule has 0 aliphatic heterocycles. The summed E-state index contributed by atoms with van der Waals surface area (Å²) in [6.07, 6.45) is 0. The molecule has 0 bridgehead atoms. The minimum atomic E-state index is 0.203. The summed E-state index contributed by atoms with van der Waals surface area (Å²) < 4.78 is 5.00. The van der Waals surface area contributed by atoms with Gasteiger partial charge in [-0.1, -0.05) is 6.07 Å². The molecule has 1 aromatic heterocycles. The lowest BCUT2D eigenvalue weighted by molar-refractivity contribution is 0.626. The normalized spacial score (nSPS) is 10.4. The molecule has 2 N–H and O–H groups in total. The summed E-state index contributed by atoms with van der Waals surface area (Å²) in [6.45, 7) is 0. The van der Waals surface area contributed by atoms with Crippen molar-refractivity contribution in [1.29, 1.82) is 0 Å². The first-order valence-electron chi connectivity index (χ1n) is 2.88. The van der Waals surface area contributed by atoms with Crippen LogP contribution < -0.4 is 5.73 Å². The zero-order valence-corrected chi connectivity index (χ0v) is 5.16. The fourth-order valence-corrected chi connectivity index (χ4v) is 0.835. The Morgan fingerprint density at radius 3 is 3.30 bits per heavy atom. The number of anilines is 1. The van der Waals surface area contributed by atoms with E-state index in [1.165, 1.54) is 0 Å². The maximum Gasteiger partial charge on any atom is 0.292 e. The lowest BCUT2D eigenvalue weighted by atomic mass is 10.3. The summed E-state index contributed by atoms with van der Waals surface area (Å²) in [4.78, 5) is 3.90. The van der Waals surface area contributed by atoms with E-state index in [0.717, 1.165) is 5.52 Å². The zero-order chi connectivity index (χ0) is 6.97. The van der Waals surface area contributed by atoms with Gasteiger partial charge < -0.3 is 10.2 Å². The van der Waals surface area contributed by atoms with Gasteiger partial charge in [0.05, 0.1) is 0 Å². The zero-order valence-electron chi connectivity index (χ0n) is 5.16. The number of benzene rings is 1. The maximum atomic E-state index is 5.30. The molecule has 1 aromatic carbocycles. The molecule has 0 saturated carbocycles. The smallest absolute Gasteiger partial charge is 0.292 e. The van der Waals surface area contributed by atoms with Gasteiger partial charge in [-0.2, -0.15) is 4.98 Å². The van der Waals surface area contributed by atoms with Crippen LogP contribution in [0.25, 0.3) is 11.1 Å². The van der Waals surface area contributed by atoms with Gasteiger partial charge in [0.1, 0.15) is 5.52 Å². The summed E-state index contributed by atoms with van der Waals surface area (Å²) in [5.41, 5.74) is 6.75. The highest BCUT2D eigenvalue weighted by Crippen LogP contribution is 2.14. The summed E-state index contributed by atoms with van der Waals surface area (Å²) in [7, 11) is 0. The largest absolute Gasteiger partial charge is 0.424 e. The average Bonchev–Trinajstić information content (AvgIpc) is 2.27. The van der Waals surface area contributed by atoms with Crippen LogP contribution in [0.5, 0.6) is 0 Å². The van der Waals surface area contributed by atoms with Gasteiger partial charge >= 0.3 is 0 Å². The molecular weight excluding hydrogens is 128 g/mol. The Morgan fingerprint density at radius 1 is 1.60 bits per heavy atom. The van der Waals surface area contributed by atoms with E-state index < -0.39 is 0 Å². The SMILES string of the molecule is Nc1nc2cc[c]cc2o1. The number of hydrogen-bond donors (Lipinski definition) is 1. The van der Waals surface area contributed by atoms with Gasteiger partial charge in [-0.25, -0.2) is 0 Å². The second-order valence-corrected chi connectivity index (χ2v) is 1.95. The molecule has 2 rings (SSSR count). The van der Waals surface area contributed by atoms with E-state index in [4.69, 9.17) is 10.2 Å². The Hall–Kier alpha value is -1.51. The topological polar surface area (TPSA) is 52.0 Å². The van der Waals surface area contributed by atoms with Crippen LogP contribution in [0, 0.1) is 6.07 Å². The Morgan fingerprint density at radius 2 is 2.50 bits per heavy atom.